The molecule has 0 heterocycles. The molecule has 0 unspecified atom stereocenters. The van der Waals surface area contributed by atoms with Gasteiger partial charge in [0.15, 0.2) is 0 Å². The van der Waals surface area contributed by atoms with Crippen LogP contribution in [0.2, 0.25) is 0 Å². The topological polar surface area (TPSA) is 69.9 Å². The lowest BCUT2D eigenvalue weighted by Crippen LogP contribution is -2.53. The molecule has 0 atom stereocenters. The van der Waals surface area contributed by atoms with Gasteiger partial charge in [-0.15, -0.1) is 0 Å². The Hall–Kier alpha value is -3.08. The molecule has 39 heavy (non-hydrogen) atoms. The van der Waals surface area contributed by atoms with Crippen LogP contribution in [0, 0.1) is 0 Å². The maximum atomic E-state index is 13.5. The van der Waals surface area contributed by atoms with E-state index in [1.54, 1.807) is 31.2 Å². The maximum absolute atomic E-state index is 13.5. The quantitative estimate of drug-likeness (QED) is 0.242. The van der Waals surface area contributed by atoms with Crippen LogP contribution in [0.15, 0.2) is 54.6 Å². The minimum absolute atomic E-state index is 0.101. The molecule has 10 heteroatoms. The Labute approximate surface area is 222 Å². The monoisotopic (exact) mass is 556 g/mol. The number of ether oxygens (including phenoxy) is 1. The summed E-state index contributed by atoms with van der Waals surface area (Å²) in [6.45, 7) is 3.22. The maximum Gasteiger partial charge on any atom is 0.430 e. The molecule has 3 aromatic carbocycles. The van der Waals surface area contributed by atoms with Crippen molar-refractivity contribution in [2.24, 2.45) is 0 Å². The fourth-order valence-electron chi connectivity index (χ4n) is 4.48. The second kappa shape index (κ2) is 12.0. The van der Waals surface area contributed by atoms with Gasteiger partial charge < -0.3 is 20.1 Å². The molecule has 0 saturated heterocycles. The number of aliphatic hydroxyl groups excluding tert-OH is 2. The third-order valence-corrected chi connectivity index (χ3v) is 6.63. The molecule has 3 rings (SSSR count). The van der Waals surface area contributed by atoms with Crippen molar-refractivity contribution in [3.8, 4) is 16.9 Å². The first-order chi connectivity index (χ1) is 18.3. The van der Waals surface area contributed by atoms with Crippen LogP contribution in [-0.4, -0.2) is 27.7 Å². The Balaban J connectivity index is 2.04. The SMILES string of the molecule is CCCc1cc(C(O)(C(F)(F)F)C(F)(F)F)ccc1-c1cc(COc2ccc(CO)c(CO)c2)ccc1CC. The van der Waals surface area contributed by atoms with Crippen LogP contribution in [0.4, 0.5) is 26.3 Å². The number of benzene rings is 3. The van der Waals surface area contributed by atoms with E-state index in [1.807, 2.05) is 19.1 Å². The highest BCUT2D eigenvalue weighted by atomic mass is 19.4. The number of rotatable bonds is 10. The molecular weight excluding hydrogens is 526 g/mol. The summed E-state index contributed by atoms with van der Waals surface area (Å²) >= 11 is 0. The number of alkyl halides is 6. The van der Waals surface area contributed by atoms with Crippen LogP contribution < -0.4 is 4.74 Å². The molecule has 3 aromatic rings. The van der Waals surface area contributed by atoms with Crippen molar-refractivity contribution in [3.05, 3.63) is 88.0 Å². The number of aliphatic hydroxyl groups is 3. The Morgan fingerprint density at radius 1 is 0.692 bits per heavy atom. The van der Waals surface area contributed by atoms with Crippen molar-refractivity contribution in [2.75, 3.05) is 0 Å². The van der Waals surface area contributed by atoms with E-state index in [0.29, 0.717) is 52.5 Å². The van der Waals surface area contributed by atoms with Crippen LogP contribution in [0.25, 0.3) is 11.1 Å². The smallest absolute Gasteiger partial charge is 0.430 e. The molecule has 0 aliphatic rings. The Bertz CT molecular complexity index is 1270. The molecule has 0 amide bonds. The van der Waals surface area contributed by atoms with Gasteiger partial charge in [0, 0.05) is 5.56 Å². The third kappa shape index (κ3) is 6.23. The average molecular weight is 557 g/mol. The molecule has 212 valence electrons. The van der Waals surface area contributed by atoms with Crippen molar-refractivity contribution in [1.82, 2.24) is 0 Å². The summed E-state index contributed by atoms with van der Waals surface area (Å²) in [5.74, 6) is 0.451. The predicted octanol–water partition coefficient (Wildman–Crippen LogP) is 6.74. The summed E-state index contributed by atoms with van der Waals surface area (Å²) in [6.07, 6.45) is -10.7. The van der Waals surface area contributed by atoms with Gasteiger partial charge in [-0.05, 0) is 70.0 Å². The van der Waals surface area contributed by atoms with E-state index in [9.17, 15) is 41.7 Å². The molecule has 0 bridgehead atoms. The van der Waals surface area contributed by atoms with E-state index < -0.39 is 23.5 Å². The zero-order chi connectivity index (χ0) is 29.0. The van der Waals surface area contributed by atoms with Crippen molar-refractivity contribution < 1.29 is 46.4 Å². The molecule has 4 nitrogen and oxygen atoms in total. The third-order valence-electron chi connectivity index (χ3n) is 6.63. The fourth-order valence-corrected chi connectivity index (χ4v) is 4.48. The van der Waals surface area contributed by atoms with E-state index in [4.69, 9.17) is 4.74 Å². The zero-order valence-electron chi connectivity index (χ0n) is 21.5. The molecule has 0 radical (unpaired) electrons. The first kappa shape index (κ1) is 30.5. The normalized spacial score (nSPS) is 12.6. The molecular formula is C29H30F6O4. The van der Waals surface area contributed by atoms with Crippen LogP contribution in [0.5, 0.6) is 5.75 Å². The number of hydrogen-bond donors (Lipinski definition) is 3. The van der Waals surface area contributed by atoms with Crippen LogP contribution in [-0.2, 0) is 38.3 Å². The zero-order valence-corrected chi connectivity index (χ0v) is 21.5. The van der Waals surface area contributed by atoms with Gasteiger partial charge in [0.2, 0.25) is 0 Å². The Morgan fingerprint density at radius 3 is 1.90 bits per heavy atom. The van der Waals surface area contributed by atoms with E-state index in [1.165, 1.54) is 6.07 Å². The highest BCUT2D eigenvalue weighted by molar-refractivity contribution is 5.72. The minimum atomic E-state index is -5.96. The van der Waals surface area contributed by atoms with Gasteiger partial charge in [0.05, 0.1) is 13.2 Å². The second-order valence-electron chi connectivity index (χ2n) is 9.21. The second-order valence-corrected chi connectivity index (χ2v) is 9.21. The van der Waals surface area contributed by atoms with Crippen molar-refractivity contribution in [3.63, 3.8) is 0 Å². The molecule has 0 fully saturated rings. The molecule has 0 saturated carbocycles. The summed E-state index contributed by atoms with van der Waals surface area (Å²) in [5, 5.41) is 28.8. The standard InChI is InChI=1S/C29H30F6O4/c1-3-5-20-13-23(27(38,28(30,31)32)29(33,34)35)9-11-25(20)26-12-18(6-7-19(26)4-2)17-39-24-10-8-21(15-36)22(14-24)16-37/h6-14,36-38H,3-5,15-17H2,1-2H3. The van der Waals surface area contributed by atoms with Gasteiger partial charge in [0.1, 0.15) is 12.4 Å². The van der Waals surface area contributed by atoms with Crippen LogP contribution >= 0.6 is 0 Å². The van der Waals surface area contributed by atoms with E-state index in [0.717, 1.165) is 11.6 Å². The highest BCUT2D eigenvalue weighted by Crippen LogP contribution is 2.50. The van der Waals surface area contributed by atoms with Crippen molar-refractivity contribution in [1.29, 1.82) is 0 Å². The number of hydrogen-bond acceptors (Lipinski definition) is 4. The van der Waals surface area contributed by atoms with Crippen molar-refractivity contribution >= 4 is 0 Å². The van der Waals surface area contributed by atoms with Gasteiger partial charge >= 0.3 is 12.4 Å². The van der Waals surface area contributed by atoms with Crippen LogP contribution in [0.3, 0.4) is 0 Å². The minimum Gasteiger partial charge on any atom is -0.489 e. The summed E-state index contributed by atoms with van der Waals surface area (Å²) in [4.78, 5) is 0. The fraction of sp³-hybridized carbons (Fsp3) is 0.379. The van der Waals surface area contributed by atoms with Gasteiger partial charge in [0.25, 0.3) is 5.60 Å². The lowest BCUT2D eigenvalue weighted by molar-refractivity contribution is -0.376. The number of aryl methyl sites for hydroxylation is 2. The van der Waals surface area contributed by atoms with E-state index in [-0.39, 0.29) is 31.8 Å². The lowest BCUT2D eigenvalue weighted by atomic mass is 9.85. The Kier molecular flexibility index (Phi) is 9.35. The largest absolute Gasteiger partial charge is 0.489 e. The molecule has 0 aliphatic carbocycles. The van der Waals surface area contributed by atoms with Gasteiger partial charge in [-0.2, -0.15) is 26.3 Å². The summed E-state index contributed by atoms with van der Waals surface area (Å²) in [6, 6.07) is 13.0. The molecule has 0 aliphatic heterocycles. The van der Waals surface area contributed by atoms with Gasteiger partial charge in [-0.3, -0.25) is 0 Å². The highest BCUT2D eigenvalue weighted by Gasteiger charge is 2.71. The van der Waals surface area contributed by atoms with Gasteiger partial charge in [-0.25, -0.2) is 0 Å². The van der Waals surface area contributed by atoms with Crippen molar-refractivity contribution in [2.45, 2.75) is 70.9 Å². The summed E-state index contributed by atoms with van der Waals surface area (Å²) < 4.78 is 86.9. The van der Waals surface area contributed by atoms with E-state index in [2.05, 4.69) is 0 Å². The van der Waals surface area contributed by atoms with Crippen LogP contribution in [0.1, 0.15) is 53.6 Å². The lowest BCUT2D eigenvalue weighted by Gasteiger charge is -2.33. The Morgan fingerprint density at radius 2 is 1.33 bits per heavy atom. The summed E-state index contributed by atoms with van der Waals surface area (Å²) in [5.41, 5.74) is -2.30. The van der Waals surface area contributed by atoms with E-state index >= 15 is 0 Å². The first-order valence-electron chi connectivity index (χ1n) is 12.4. The average Bonchev–Trinajstić information content (AvgIpc) is 2.90. The molecule has 3 N–H and O–H groups in total. The number of halogens is 6. The summed E-state index contributed by atoms with van der Waals surface area (Å²) in [7, 11) is 0. The predicted molar refractivity (Wildman–Crippen MR) is 134 cm³/mol. The molecule has 0 aromatic heterocycles. The van der Waals surface area contributed by atoms with Gasteiger partial charge in [-0.1, -0.05) is 56.7 Å². The first-order valence-corrected chi connectivity index (χ1v) is 12.4. The molecule has 0 spiro atoms.